The molecule has 0 saturated heterocycles. The fourth-order valence-electron chi connectivity index (χ4n) is 2.99. The molecule has 2 rings (SSSR count). The van der Waals surface area contributed by atoms with Gasteiger partial charge in [0.2, 0.25) is 0 Å². The lowest BCUT2D eigenvalue weighted by atomic mass is 10.0. The normalized spacial score (nSPS) is 24.4. The number of halogens is 1. The van der Waals surface area contributed by atoms with Crippen LogP contribution in [0.2, 0.25) is 4.34 Å². The predicted octanol–water partition coefficient (Wildman–Crippen LogP) is 3.99. The third-order valence-electron chi connectivity index (χ3n) is 4.56. The smallest absolute Gasteiger partial charge is 0.0931 e. The molecule has 0 aliphatic heterocycles. The number of hydrogen-bond acceptors (Lipinski definition) is 2. The molecule has 0 bridgehead atoms. The summed E-state index contributed by atoms with van der Waals surface area (Å²) < 4.78 is 0.802. The van der Waals surface area contributed by atoms with Gasteiger partial charge >= 0.3 is 0 Å². The maximum absolute atomic E-state index is 10.3. The Bertz CT molecular complexity index is 380. The summed E-state index contributed by atoms with van der Waals surface area (Å²) in [6.07, 6.45) is 0.481. The topological polar surface area (TPSA) is 20.2 Å². The Hall–Kier alpha value is -0.0500. The first kappa shape index (κ1) is 12.4. The number of aliphatic hydroxyl groups excluding tert-OH is 1. The van der Waals surface area contributed by atoms with Crippen molar-refractivity contribution < 1.29 is 5.11 Å². The summed E-state index contributed by atoms with van der Waals surface area (Å²) in [5.74, 6) is 0.390. The quantitative estimate of drug-likeness (QED) is 0.869. The van der Waals surface area contributed by atoms with Crippen LogP contribution in [0, 0.1) is 16.7 Å². The fourth-order valence-corrected chi connectivity index (χ4v) is 4.13. The monoisotopic (exact) mass is 258 g/mol. The van der Waals surface area contributed by atoms with Crippen molar-refractivity contribution in [3.05, 3.63) is 21.3 Å². The van der Waals surface area contributed by atoms with Crippen molar-refractivity contribution in [2.75, 3.05) is 0 Å². The van der Waals surface area contributed by atoms with Crippen LogP contribution in [0.25, 0.3) is 0 Å². The van der Waals surface area contributed by atoms with Gasteiger partial charge in [0, 0.05) is 11.3 Å². The van der Waals surface area contributed by atoms with Gasteiger partial charge in [0.25, 0.3) is 0 Å². The summed E-state index contributed by atoms with van der Waals surface area (Å²) in [4.78, 5) is 1.18. The van der Waals surface area contributed by atoms with Gasteiger partial charge in [0.05, 0.1) is 10.4 Å². The van der Waals surface area contributed by atoms with Crippen molar-refractivity contribution in [2.24, 2.45) is 16.7 Å². The van der Waals surface area contributed by atoms with E-state index in [1.807, 2.05) is 12.1 Å². The van der Waals surface area contributed by atoms with E-state index in [1.165, 1.54) is 4.88 Å². The summed E-state index contributed by atoms with van der Waals surface area (Å²) in [7, 11) is 0. The van der Waals surface area contributed by atoms with E-state index in [4.69, 9.17) is 11.6 Å². The average molecular weight is 259 g/mol. The van der Waals surface area contributed by atoms with Crippen molar-refractivity contribution in [1.29, 1.82) is 0 Å². The average Bonchev–Trinajstić information content (AvgIpc) is 2.44. The molecule has 1 aromatic rings. The number of aliphatic hydroxyl groups is 1. The first-order valence-corrected chi connectivity index (χ1v) is 6.88. The number of thiophene rings is 1. The molecule has 1 saturated carbocycles. The van der Waals surface area contributed by atoms with E-state index in [2.05, 4.69) is 27.7 Å². The van der Waals surface area contributed by atoms with E-state index < -0.39 is 0 Å². The molecule has 1 N–H and O–H groups in total. The van der Waals surface area contributed by atoms with Gasteiger partial charge in [-0.1, -0.05) is 39.3 Å². The summed E-state index contributed by atoms with van der Waals surface area (Å²) in [5.41, 5.74) is 0.487. The van der Waals surface area contributed by atoms with Gasteiger partial charge in [-0.2, -0.15) is 0 Å². The minimum Gasteiger partial charge on any atom is -0.392 e. The van der Waals surface area contributed by atoms with Crippen molar-refractivity contribution in [2.45, 2.75) is 40.2 Å². The number of hydrogen-bond donors (Lipinski definition) is 1. The highest BCUT2D eigenvalue weighted by Gasteiger charge is 2.66. The molecule has 1 aliphatic carbocycles. The van der Waals surface area contributed by atoms with Crippen LogP contribution in [-0.2, 0) is 6.42 Å². The Kier molecular flexibility index (Phi) is 2.89. The first-order chi connectivity index (χ1) is 7.26. The summed E-state index contributed by atoms with van der Waals surface area (Å²) in [6.45, 7) is 8.95. The second-order valence-corrected chi connectivity index (χ2v) is 7.70. The Balaban J connectivity index is 2.03. The Labute approximate surface area is 106 Å². The minimum absolute atomic E-state index is 0.244. The highest BCUT2D eigenvalue weighted by atomic mass is 35.5. The molecule has 0 aromatic carbocycles. The summed E-state index contributed by atoms with van der Waals surface area (Å²) in [6, 6.07) is 3.91. The zero-order valence-corrected chi connectivity index (χ0v) is 11.8. The van der Waals surface area contributed by atoms with E-state index >= 15 is 0 Å². The van der Waals surface area contributed by atoms with Crippen molar-refractivity contribution in [1.82, 2.24) is 0 Å². The molecule has 1 fully saturated rings. The second-order valence-electron chi connectivity index (χ2n) is 5.90. The van der Waals surface area contributed by atoms with E-state index in [9.17, 15) is 5.11 Å². The zero-order chi connectivity index (χ0) is 12.1. The van der Waals surface area contributed by atoms with Gasteiger partial charge in [0.15, 0.2) is 0 Å². The first-order valence-electron chi connectivity index (χ1n) is 5.69. The molecule has 3 heteroatoms. The molecule has 0 radical (unpaired) electrons. The largest absolute Gasteiger partial charge is 0.392 e. The van der Waals surface area contributed by atoms with Crippen LogP contribution in [0.4, 0.5) is 0 Å². The minimum atomic E-state index is -0.250. The van der Waals surface area contributed by atoms with E-state index in [-0.39, 0.29) is 16.9 Å². The van der Waals surface area contributed by atoms with Gasteiger partial charge in [-0.3, -0.25) is 0 Å². The van der Waals surface area contributed by atoms with Gasteiger partial charge in [-0.05, 0) is 28.9 Å². The van der Waals surface area contributed by atoms with Gasteiger partial charge in [0.1, 0.15) is 0 Å². The molecule has 1 nitrogen and oxygen atoms in total. The van der Waals surface area contributed by atoms with Crippen LogP contribution in [0.3, 0.4) is 0 Å². The maximum atomic E-state index is 10.3. The van der Waals surface area contributed by atoms with Crippen LogP contribution in [0.15, 0.2) is 12.1 Å². The highest BCUT2D eigenvalue weighted by molar-refractivity contribution is 7.16. The molecule has 1 aliphatic rings. The third-order valence-corrected chi connectivity index (χ3v) is 5.81. The maximum Gasteiger partial charge on any atom is 0.0931 e. The van der Waals surface area contributed by atoms with Crippen LogP contribution >= 0.6 is 22.9 Å². The van der Waals surface area contributed by atoms with Crippen LogP contribution in [-0.4, -0.2) is 11.2 Å². The molecular weight excluding hydrogens is 240 g/mol. The SMILES string of the molecule is CC1(C)C(C(O)Cc2ccc(Cl)s2)C1(C)C. The van der Waals surface area contributed by atoms with Crippen LogP contribution < -0.4 is 0 Å². The van der Waals surface area contributed by atoms with Crippen LogP contribution in [0.5, 0.6) is 0 Å². The summed E-state index contributed by atoms with van der Waals surface area (Å²) in [5, 5.41) is 10.3. The second kappa shape index (κ2) is 3.72. The van der Waals surface area contributed by atoms with Gasteiger partial charge in [-0.25, -0.2) is 0 Å². The van der Waals surface area contributed by atoms with Gasteiger partial charge < -0.3 is 5.11 Å². The van der Waals surface area contributed by atoms with Gasteiger partial charge in [-0.15, -0.1) is 11.3 Å². The van der Waals surface area contributed by atoms with E-state index in [0.717, 1.165) is 10.8 Å². The Morgan fingerprint density at radius 1 is 1.31 bits per heavy atom. The van der Waals surface area contributed by atoms with E-state index in [0.29, 0.717) is 5.92 Å². The molecule has 90 valence electrons. The van der Waals surface area contributed by atoms with Crippen molar-refractivity contribution in [3.63, 3.8) is 0 Å². The summed E-state index contributed by atoms with van der Waals surface area (Å²) >= 11 is 7.45. The molecule has 16 heavy (non-hydrogen) atoms. The molecule has 1 aromatic heterocycles. The number of rotatable bonds is 3. The standard InChI is InChI=1S/C13H19ClOS/c1-12(2)11(13(12,3)4)9(15)7-8-5-6-10(14)16-8/h5-6,9,11,15H,7H2,1-4H3. The lowest BCUT2D eigenvalue weighted by Crippen LogP contribution is -2.16. The predicted molar refractivity (Wildman–Crippen MR) is 70.1 cm³/mol. The Morgan fingerprint density at radius 3 is 2.25 bits per heavy atom. The lowest BCUT2D eigenvalue weighted by molar-refractivity contribution is 0.130. The molecule has 0 spiro atoms. The molecule has 1 atom stereocenters. The fraction of sp³-hybridized carbons (Fsp3) is 0.692. The third kappa shape index (κ3) is 1.81. The van der Waals surface area contributed by atoms with Crippen molar-refractivity contribution in [3.8, 4) is 0 Å². The van der Waals surface area contributed by atoms with Crippen LogP contribution in [0.1, 0.15) is 32.6 Å². The molecule has 0 amide bonds. The van der Waals surface area contributed by atoms with E-state index in [1.54, 1.807) is 11.3 Å². The molecule has 1 heterocycles. The zero-order valence-electron chi connectivity index (χ0n) is 10.2. The molecular formula is C13H19ClOS. The lowest BCUT2D eigenvalue weighted by Gasteiger charge is -2.11. The van der Waals surface area contributed by atoms with Crippen molar-refractivity contribution >= 4 is 22.9 Å². The Morgan fingerprint density at radius 2 is 1.88 bits per heavy atom. The molecule has 1 unspecified atom stereocenters. The highest BCUT2D eigenvalue weighted by Crippen LogP contribution is 2.69.